The molecule has 0 radical (unpaired) electrons. The van der Waals surface area contributed by atoms with E-state index in [1.165, 1.54) is 12.1 Å². The topological polar surface area (TPSA) is 88.0 Å². The largest absolute Gasteiger partial charge is 0.376 e. The molecule has 0 bridgehead atoms. The molecule has 1 unspecified atom stereocenters. The average molecular weight is 371 g/mol. The van der Waals surface area contributed by atoms with Gasteiger partial charge in [-0.2, -0.15) is 0 Å². The Morgan fingerprint density at radius 1 is 1.44 bits per heavy atom. The van der Waals surface area contributed by atoms with E-state index in [9.17, 15) is 14.9 Å². The Morgan fingerprint density at radius 3 is 2.80 bits per heavy atom. The summed E-state index contributed by atoms with van der Waals surface area (Å²) >= 11 is 5.80. The van der Waals surface area contributed by atoms with Crippen molar-refractivity contribution in [3.8, 4) is 0 Å². The third-order valence-corrected chi connectivity index (χ3v) is 4.27. The minimum atomic E-state index is -0.575. The molecule has 0 spiro atoms. The zero-order chi connectivity index (χ0) is 18.4. The van der Waals surface area contributed by atoms with Crippen LogP contribution in [0, 0.1) is 10.1 Å². The zero-order valence-electron chi connectivity index (χ0n) is 14.4. The summed E-state index contributed by atoms with van der Waals surface area (Å²) in [6.07, 6.45) is 1.96. The number of hydrogen-bond acceptors (Lipinski definition) is 5. The Hall–Kier alpha value is -1.90. The van der Waals surface area contributed by atoms with Crippen molar-refractivity contribution in [1.82, 2.24) is 9.80 Å². The van der Waals surface area contributed by atoms with Crippen LogP contribution in [-0.2, 0) is 4.74 Å². The summed E-state index contributed by atoms with van der Waals surface area (Å²) in [7, 11) is 3.87. The molecule has 1 N–H and O–H groups in total. The second-order valence-corrected chi connectivity index (χ2v) is 6.64. The summed E-state index contributed by atoms with van der Waals surface area (Å²) in [5.74, 6) is 0. The number of rotatable bonds is 7. The Morgan fingerprint density at radius 2 is 2.20 bits per heavy atom. The van der Waals surface area contributed by atoms with Gasteiger partial charge < -0.3 is 19.9 Å². The fourth-order valence-corrected chi connectivity index (χ4v) is 2.75. The predicted octanol–water partition coefficient (Wildman–Crippen LogP) is 2.82. The lowest BCUT2D eigenvalue weighted by molar-refractivity contribution is -0.384. The Kier molecular flexibility index (Phi) is 6.98. The Labute approximate surface area is 151 Å². The summed E-state index contributed by atoms with van der Waals surface area (Å²) in [6.45, 7) is 2.46. The smallest absolute Gasteiger partial charge is 0.321 e. The van der Waals surface area contributed by atoms with Gasteiger partial charge in [0.15, 0.2) is 0 Å². The summed E-state index contributed by atoms with van der Waals surface area (Å²) in [4.78, 5) is 26.7. The second kappa shape index (κ2) is 8.98. The number of anilines is 1. The molecular weight excluding hydrogens is 348 g/mol. The van der Waals surface area contributed by atoms with Gasteiger partial charge in [-0.25, -0.2) is 4.79 Å². The molecule has 1 atom stereocenters. The van der Waals surface area contributed by atoms with Crippen molar-refractivity contribution in [3.05, 3.63) is 33.3 Å². The van der Waals surface area contributed by atoms with Crippen molar-refractivity contribution in [3.63, 3.8) is 0 Å². The van der Waals surface area contributed by atoms with Gasteiger partial charge in [-0.1, -0.05) is 11.6 Å². The van der Waals surface area contributed by atoms with Crippen molar-refractivity contribution in [2.24, 2.45) is 0 Å². The molecule has 0 aliphatic carbocycles. The molecule has 2 amide bonds. The number of nitro benzene ring substituents is 1. The van der Waals surface area contributed by atoms with Crippen molar-refractivity contribution < 1.29 is 14.5 Å². The molecule has 1 heterocycles. The van der Waals surface area contributed by atoms with E-state index < -0.39 is 4.92 Å². The standard InChI is InChI=1S/C16H23ClN4O4/c1-19(2)7-8-20(11-13-4-3-9-25-13)16(22)18-12-5-6-14(17)15(10-12)21(23)24/h5-6,10,13H,3-4,7-9,11H2,1-2H3,(H,18,22). The third-order valence-electron chi connectivity index (χ3n) is 3.95. The lowest BCUT2D eigenvalue weighted by Crippen LogP contribution is -2.43. The number of hydrogen-bond donors (Lipinski definition) is 1. The molecule has 1 aliphatic rings. The number of urea groups is 1. The van der Waals surface area contributed by atoms with Gasteiger partial charge in [0.05, 0.1) is 11.0 Å². The first-order valence-electron chi connectivity index (χ1n) is 8.13. The van der Waals surface area contributed by atoms with Crippen LogP contribution in [0.5, 0.6) is 0 Å². The number of nitrogens with zero attached hydrogens (tertiary/aromatic N) is 3. The number of benzene rings is 1. The number of likely N-dealkylation sites (N-methyl/N-ethyl adjacent to an activating group) is 1. The van der Waals surface area contributed by atoms with E-state index in [0.717, 1.165) is 19.4 Å². The van der Waals surface area contributed by atoms with Gasteiger partial charge in [0.25, 0.3) is 5.69 Å². The summed E-state index contributed by atoms with van der Waals surface area (Å²) in [5, 5.41) is 13.7. The van der Waals surface area contributed by atoms with Gasteiger partial charge in [0.2, 0.25) is 0 Å². The maximum Gasteiger partial charge on any atom is 0.321 e. The number of carbonyl (C=O) groups is 1. The molecule has 1 aromatic carbocycles. The maximum atomic E-state index is 12.6. The Bertz CT molecular complexity index is 620. The quantitative estimate of drug-likeness (QED) is 0.589. The van der Waals surface area contributed by atoms with Crippen LogP contribution in [0.1, 0.15) is 12.8 Å². The fraction of sp³-hybridized carbons (Fsp3) is 0.562. The first-order valence-corrected chi connectivity index (χ1v) is 8.51. The average Bonchev–Trinajstić information content (AvgIpc) is 3.05. The molecule has 9 heteroatoms. The normalized spacial score (nSPS) is 16.9. The summed E-state index contributed by atoms with van der Waals surface area (Å²) in [6, 6.07) is 3.90. The number of nitrogens with one attached hydrogen (secondary N) is 1. The van der Waals surface area contributed by atoms with Crippen LogP contribution in [-0.4, -0.2) is 67.2 Å². The van der Waals surface area contributed by atoms with Crippen molar-refractivity contribution >= 4 is 29.0 Å². The molecule has 2 rings (SSSR count). The molecule has 1 fully saturated rings. The first kappa shape index (κ1) is 19.4. The molecule has 0 aromatic heterocycles. The number of nitro groups is 1. The van der Waals surface area contributed by atoms with Crippen LogP contribution < -0.4 is 5.32 Å². The van der Waals surface area contributed by atoms with Crippen LogP contribution in [0.3, 0.4) is 0 Å². The number of ether oxygens (including phenoxy) is 1. The highest BCUT2D eigenvalue weighted by Gasteiger charge is 2.23. The summed E-state index contributed by atoms with van der Waals surface area (Å²) in [5.41, 5.74) is 0.0988. The van der Waals surface area contributed by atoms with Crippen LogP contribution in [0.4, 0.5) is 16.2 Å². The fourth-order valence-electron chi connectivity index (χ4n) is 2.56. The number of carbonyl (C=O) groups excluding carboxylic acids is 1. The van der Waals surface area contributed by atoms with E-state index in [1.54, 1.807) is 11.0 Å². The van der Waals surface area contributed by atoms with Gasteiger partial charge in [-0.15, -0.1) is 0 Å². The van der Waals surface area contributed by atoms with Crippen molar-refractivity contribution in [2.75, 3.05) is 45.7 Å². The monoisotopic (exact) mass is 370 g/mol. The molecule has 0 saturated carbocycles. The van der Waals surface area contributed by atoms with Gasteiger partial charge in [-0.3, -0.25) is 10.1 Å². The van der Waals surface area contributed by atoms with Gasteiger partial charge >= 0.3 is 6.03 Å². The van der Waals surface area contributed by atoms with E-state index in [1.807, 2.05) is 19.0 Å². The van der Waals surface area contributed by atoms with Crippen LogP contribution in [0.25, 0.3) is 0 Å². The summed E-state index contributed by atoms with van der Waals surface area (Å²) < 4.78 is 5.61. The van der Waals surface area contributed by atoms with Gasteiger partial charge in [0.1, 0.15) is 5.02 Å². The Balaban J connectivity index is 2.06. The molecule has 25 heavy (non-hydrogen) atoms. The number of amides is 2. The lowest BCUT2D eigenvalue weighted by atomic mass is 10.2. The number of halogens is 1. The highest BCUT2D eigenvalue weighted by atomic mass is 35.5. The van der Waals surface area contributed by atoms with Gasteiger partial charge in [0, 0.05) is 38.0 Å². The van der Waals surface area contributed by atoms with E-state index in [-0.39, 0.29) is 22.8 Å². The van der Waals surface area contributed by atoms with Crippen molar-refractivity contribution in [1.29, 1.82) is 0 Å². The highest BCUT2D eigenvalue weighted by Crippen LogP contribution is 2.27. The molecule has 1 saturated heterocycles. The second-order valence-electron chi connectivity index (χ2n) is 6.24. The van der Waals surface area contributed by atoms with Crippen LogP contribution in [0.15, 0.2) is 18.2 Å². The predicted molar refractivity (Wildman–Crippen MR) is 96.2 cm³/mol. The molecule has 138 valence electrons. The molecule has 8 nitrogen and oxygen atoms in total. The lowest BCUT2D eigenvalue weighted by Gasteiger charge is -2.27. The van der Waals surface area contributed by atoms with E-state index >= 15 is 0 Å². The van der Waals surface area contributed by atoms with Gasteiger partial charge in [-0.05, 0) is 39.1 Å². The van der Waals surface area contributed by atoms with Crippen LogP contribution in [0.2, 0.25) is 5.02 Å². The van der Waals surface area contributed by atoms with E-state index in [2.05, 4.69) is 5.32 Å². The zero-order valence-corrected chi connectivity index (χ0v) is 15.2. The third kappa shape index (κ3) is 5.84. The maximum absolute atomic E-state index is 12.6. The van der Waals surface area contributed by atoms with Crippen molar-refractivity contribution in [2.45, 2.75) is 18.9 Å². The molecule has 1 aliphatic heterocycles. The van der Waals surface area contributed by atoms with E-state index in [0.29, 0.717) is 25.3 Å². The van der Waals surface area contributed by atoms with E-state index in [4.69, 9.17) is 16.3 Å². The van der Waals surface area contributed by atoms with Crippen LogP contribution >= 0.6 is 11.6 Å². The molecule has 1 aromatic rings. The minimum Gasteiger partial charge on any atom is -0.376 e. The minimum absolute atomic E-state index is 0.0341. The molecular formula is C16H23ClN4O4. The SMILES string of the molecule is CN(C)CCN(CC1CCCO1)C(=O)Nc1ccc(Cl)c([N+](=O)[O-])c1. The highest BCUT2D eigenvalue weighted by molar-refractivity contribution is 6.32. The first-order chi connectivity index (χ1) is 11.9.